The normalized spacial score (nSPS) is 16.6. The van der Waals surface area contributed by atoms with Crippen molar-refractivity contribution < 1.29 is 27.8 Å². The monoisotopic (exact) mass is 332 g/mol. The van der Waals surface area contributed by atoms with E-state index in [0.29, 0.717) is 13.1 Å². The van der Waals surface area contributed by atoms with Crippen molar-refractivity contribution in [3.05, 3.63) is 29.8 Å². The lowest BCUT2D eigenvalue weighted by Gasteiger charge is -2.31. The van der Waals surface area contributed by atoms with E-state index >= 15 is 0 Å². The van der Waals surface area contributed by atoms with Crippen LogP contribution in [0.3, 0.4) is 0 Å². The van der Waals surface area contributed by atoms with Crippen LogP contribution in [0.1, 0.15) is 5.56 Å². The van der Waals surface area contributed by atoms with Crippen molar-refractivity contribution in [1.82, 2.24) is 10.2 Å². The number of likely N-dealkylation sites (N-methyl/N-ethyl adjacent to an activating group) is 1. The van der Waals surface area contributed by atoms with Gasteiger partial charge < -0.3 is 20.1 Å². The number of amides is 1. The first-order chi connectivity index (χ1) is 10.8. The number of hydrogen-bond donors (Lipinski definition) is 2. The van der Waals surface area contributed by atoms with E-state index in [1.165, 1.54) is 17.0 Å². The Morgan fingerprint density at radius 3 is 2.48 bits per heavy atom. The molecule has 0 aliphatic carbocycles. The fourth-order valence-corrected chi connectivity index (χ4v) is 2.17. The minimum absolute atomic E-state index is 0.0441. The third-order valence-electron chi connectivity index (χ3n) is 3.62. The van der Waals surface area contributed by atoms with E-state index in [-0.39, 0.29) is 30.7 Å². The number of alkyl halides is 3. The Hall–Kier alpha value is -1.80. The highest BCUT2D eigenvalue weighted by Gasteiger charge is 2.30. The van der Waals surface area contributed by atoms with Gasteiger partial charge in [-0.3, -0.25) is 4.79 Å². The Balaban J connectivity index is 1.77. The topological polar surface area (TPSA) is 61.8 Å². The van der Waals surface area contributed by atoms with E-state index in [1.807, 2.05) is 0 Å². The summed E-state index contributed by atoms with van der Waals surface area (Å²) in [5.74, 6) is 0.134. The summed E-state index contributed by atoms with van der Waals surface area (Å²) in [6.45, 7) is 1.28. The lowest BCUT2D eigenvalue weighted by Crippen LogP contribution is -2.52. The van der Waals surface area contributed by atoms with Crippen LogP contribution in [0.15, 0.2) is 24.3 Å². The van der Waals surface area contributed by atoms with E-state index in [9.17, 15) is 23.1 Å². The van der Waals surface area contributed by atoms with Gasteiger partial charge in [0, 0.05) is 26.7 Å². The Labute approximate surface area is 132 Å². The van der Waals surface area contributed by atoms with Gasteiger partial charge in [-0.15, -0.1) is 0 Å². The van der Waals surface area contributed by atoms with Gasteiger partial charge in [0.1, 0.15) is 18.5 Å². The third-order valence-corrected chi connectivity index (χ3v) is 3.62. The predicted octanol–water partition coefficient (Wildman–Crippen LogP) is 1.12. The van der Waals surface area contributed by atoms with Crippen LogP contribution in [0.2, 0.25) is 0 Å². The maximum absolute atomic E-state index is 12.4. The van der Waals surface area contributed by atoms with E-state index in [0.717, 1.165) is 12.1 Å². The maximum atomic E-state index is 12.4. The number of carbonyl (C=O) groups excluding carboxylic acids is 1. The maximum Gasteiger partial charge on any atom is 0.416 e. The quantitative estimate of drug-likeness (QED) is 0.820. The molecule has 2 N–H and O–H groups in total. The Morgan fingerprint density at radius 1 is 1.39 bits per heavy atom. The number of halogens is 3. The van der Waals surface area contributed by atoms with Crippen LogP contribution in [0.25, 0.3) is 0 Å². The lowest BCUT2D eigenvalue weighted by molar-refractivity contribution is -0.138. The second-order valence-electron chi connectivity index (χ2n) is 5.56. The first kappa shape index (κ1) is 17.6. The standard InChI is InChI=1S/C15H19F3N2O3/c1-20(14(22)10-6-19-7-10)8-12(21)9-23-13-4-2-11(3-5-13)15(16,17)18/h2-5,10,12,19,21H,6-9H2,1H3. The van der Waals surface area contributed by atoms with Crippen molar-refractivity contribution in [3.63, 3.8) is 0 Å². The molecule has 1 unspecified atom stereocenters. The second kappa shape index (κ2) is 7.18. The molecule has 0 bridgehead atoms. The van der Waals surface area contributed by atoms with Crippen molar-refractivity contribution >= 4 is 5.91 Å². The van der Waals surface area contributed by atoms with Gasteiger partial charge in [-0.1, -0.05) is 0 Å². The molecule has 1 heterocycles. The molecule has 5 nitrogen and oxygen atoms in total. The number of aliphatic hydroxyl groups excluding tert-OH is 1. The van der Waals surface area contributed by atoms with Crippen molar-refractivity contribution in [2.45, 2.75) is 12.3 Å². The van der Waals surface area contributed by atoms with Gasteiger partial charge >= 0.3 is 6.18 Å². The molecular weight excluding hydrogens is 313 g/mol. The zero-order chi connectivity index (χ0) is 17.0. The Bertz CT molecular complexity index is 530. The number of nitrogens with one attached hydrogen (secondary N) is 1. The third kappa shape index (κ3) is 4.84. The zero-order valence-electron chi connectivity index (χ0n) is 12.6. The van der Waals surface area contributed by atoms with Gasteiger partial charge in [0.05, 0.1) is 11.5 Å². The first-order valence-corrected chi connectivity index (χ1v) is 7.21. The minimum atomic E-state index is -4.39. The molecule has 0 saturated carbocycles. The minimum Gasteiger partial charge on any atom is -0.491 e. The number of rotatable bonds is 6. The number of aliphatic hydroxyl groups is 1. The molecule has 1 aromatic carbocycles. The average molecular weight is 332 g/mol. The number of ether oxygens (including phenoxy) is 1. The van der Waals surface area contributed by atoms with Gasteiger partial charge in [0.2, 0.25) is 5.91 Å². The molecule has 1 saturated heterocycles. The van der Waals surface area contributed by atoms with Crippen LogP contribution in [0, 0.1) is 5.92 Å². The molecule has 128 valence electrons. The number of carbonyl (C=O) groups is 1. The first-order valence-electron chi connectivity index (χ1n) is 7.21. The summed E-state index contributed by atoms with van der Waals surface area (Å²) < 4.78 is 42.5. The number of nitrogens with zero attached hydrogens (tertiary/aromatic N) is 1. The fraction of sp³-hybridized carbons (Fsp3) is 0.533. The fourth-order valence-electron chi connectivity index (χ4n) is 2.17. The highest BCUT2D eigenvalue weighted by Crippen LogP contribution is 2.30. The molecule has 2 rings (SSSR count). The molecule has 1 atom stereocenters. The van der Waals surface area contributed by atoms with Gasteiger partial charge in [0.25, 0.3) is 0 Å². The summed E-state index contributed by atoms with van der Waals surface area (Å²) >= 11 is 0. The van der Waals surface area contributed by atoms with E-state index in [4.69, 9.17) is 4.74 Å². The summed E-state index contributed by atoms with van der Waals surface area (Å²) in [5, 5.41) is 12.9. The largest absolute Gasteiger partial charge is 0.491 e. The van der Waals surface area contributed by atoms with Crippen LogP contribution >= 0.6 is 0 Å². The van der Waals surface area contributed by atoms with Crippen molar-refractivity contribution in [2.75, 3.05) is 33.3 Å². The van der Waals surface area contributed by atoms with Crippen LogP contribution in [-0.2, 0) is 11.0 Å². The number of hydrogen-bond acceptors (Lipinski definition) is 4. The highest BCUT2D eigenvalue weighted by atomic mass is 19.4. The molecule has 1 fully saturated rings. The van der Waals surface area contributed by atoms with Crippen LogP contribution in [0.4, 0.5) is 13.2 Å². The molecular formula is C15H19F3N2O3. The average Bonchev–Trinajstić information content (AvgIpc) is 2.42. The van der Waals surface area contributed by atoms with Crippen LogP contribution in [0.5, 0.6) is 5.75 Å². The molecule has 1 aromatic rings. The van der Waals surface area contributed by atoms with E-state index in [2.05, 4.69) is 5.32 Å². The zero-order valence-corrected chi connectivity index (χ0v) is 12.6. The summed E-state index contributed by atoms with van der Waals surface area (Å²) in [6, 6.07) is 4.23. The molecule has 0 aromatic heterocycles. The van der Waals surface area contributed by atoms with Gasteiger partial charge in [-0.25, -0.2) is 0 Å². The SMILES string of the molecule is CN(CC(O)COc1ccc(C(F)(F)F)cc1)C(=O)C1CNC1. The molecule has 23 heavy (non-hydrogen) atoms. The predicted molar refractivity (Wildman–Crippen MR) is 76.9 cm³/mol. The molecule has 1 amide bonds. The van der Waals surface area contributed by atoms with Crippen molar-refractivity contribution in [1.29, 1.82) is 0 Å². The second-order valence-corrected chi connectivity index (χ2v) is 5.56. The van der Waals surface area contributed by atoms with Crippen molar-refractivity contribution in [3.8, 4) is 5.75 Å². The Kier molecular flexibility index (Phi) is 5.48. The Morgan fingerprint density at radius 2 is 2.00 bits per heavy atom. The van der Waals surface area contributed by atoms with Gasteiger partial charge in [0.15, 0.2) is 0 Å². The van der Waals surface area contributed by atoms with Gasteiger partial charge in [-0.2, -0.15) is 13.2 Å². The summed E-state index contributed by atoms with van der Waals surface area (Å²) in [5.41, 5.74) is -0.759. The summed E-state index contributed by atoms with van der Waals surface area (Å²) in [4.78, 5) is 13.3. The van der Waals surface area contributed by atoms with Gasteiger partial charge in [-0.05, 0) is 24.3 Å². The summed E-state index contributed by atoms with van der Waals surface area (Å²) in [7, 11) is 1.60. The molecule has 1 aliphatic heterocycles. The van der Waals surface area contributed by atoms with Crippen molar-refractivity contribution in [2.24, 2.45) is 5.92 Å². The van der Waals surface area contributed by atoms with E-state index < -0.39 is 17.8 Å². The smallest absolute Gasteiger partial charge is 0.416 e. The molecule has 0 spiro atoms. The van der Waals surface area contributed by atoms with Crippen LogP contribution in [-0.4, -0.2) is 55.3 Å². The molecule has 8 heteroatoms. The number of benzene rings is 1. The molecule has 1 aliphatic rings. The van der Waals surface area contributed by atoms with Crippen LogP contribution < -0.4 is 10.1 Å². The van der Waals surface area contributed by atoms with E-state index in [1.54, 1.807) is 7.05 Å². The lowest BCUT2D eigenvalue weighted by atomic mass is 10.0. The molecule has 0 radical (unpaired) electrons. The highest BCUT2D eigenvalue weighted by molar-refractivity contribution is 5.79. The summed E-state index contributed by atoms with van der Waals surface area (Å²) in [6.07, 6.45) is -5.31.